The van der Waals surface area contributed by atoms with Crippen LogP contribution in [0.3, 0.4) is 0 Å². The molecule has 2 N–H and O–H groups in total. The fourth-order valence-electron chi connectivity index (χ4n) is 2.44. The fourth-order valence-corrected chi connectivity index (χ4v) is 2.44. The van der Waals surface area contributed by atoms with E-state index in [1.807, 2.05) is 42.7 Å². The number of hydrogen-bond donors (Lipinski definition) is 1. The zero-order valence-corrected chi connectivity index (χ0v) is 12.1. The van der Waals surface area contributed by atoms with E-state index in [-0.39, 0.29) is 0 Å². The molecule has 0 saturated heterocycles. The number of anilines is 1. The third kappa shape index (κ3) is 2.63. The van der Waals surface area contributed by atoms with E-state index in [0.29, 0.717) is 6.54 Å². The third-order valence-corrected chi connectivity index (χ3v) is 3.37. The van der Waals surface area contributed by atoms with Crippen LogP contribution in [0.4, 0.5) is 5.82 Å². The molecule has 0 amide bonds. The molecular formula is C13H22N6. The van der Waals surface area contributed by atoms with Crippen molar-refractivity contribution >= 4 is 5.82 Å². The third-order valence-electron chi connectivity index (χ3n) is 3.37. The van der Waals surface area contributed by atoms with Gasteiger partial charge in [-0.15, -0.1) is 0 Å². The van der Waals surface area contributed by atoms with Gasteiger partial charge in [-0.2, -0.15) is 5.10 Å². The van der Waals surface area contributed by atoms with Gasteiger partial charge in [-0.1, -0.05) is 0 Å². The van der Waals surface area contributed by atoms with E-state index in [1.165, 1.54) is 5.56 Å². The second-order valence-corrected chi connectivity index (χ2v) is 4.86. The zero-order valence-electron chi connectivity index (χ0n) is 12.1. The zero-order chi connectivity index (χ0) is 14.0. The Hall–Kier alpha value is -1.82. The molecule has 2 aromatic rings. The SMILES string of the molecule is Cc1nn(C)c(N(C)Cc2nccn2C)c1CCN. The Morgan fingerprint density at radius 3 is 2.68 bits per heavy atom. The highest BCUT2D eigenvalue weighted by Crippen LogP contribution is 2.23. The highest BCUT2D eigenvalue weighted by molar-refractivity contribution is 5.49. The van der Waals surface area contributed by atoms with Gasteiger partial charge in [0.15, 0.2) is 0 Å². The summed E-state index contributed by atoms with van der Waals surface area (Å²) in [5.74, 6) is 2.14. The smallest absolute Gasteiger partial charge is 0.130 e. The van der Waals surface area contributed by atoms with Gasteiger partial charge in [0.2, 0.25) is 0 Å². The summed E-state index contributed by atoms with van der Waals surface area (Å²) in [6.45, 7) is 3.42. The van der Waals surface area contributed by atoms with E-state index in [2.05, 4.69) is 22.0 Å². The first-order valence-electron chi connectivity index (χ1n) is 6.44. The number of hydrogen-bond acceptors (Lipinski definition) is 4. The van der Waals surface area contributed by atoms with E-state index in [0.717, 1.165) is 30.3 Å². The average Bonchev–Trinajstić information content (AvgIpc) is 2.85. The molecule has 0 aromatic carbocycles. The van der Waals surface area contributed by atoms with Crippen molar-refractivity contribution in [3.05, 3.63) is 29.5 Å². The lowest BCUT2D eigenvalue weighted by Crippen LogP contribution is -2.23. The first-order chi connectivity index (χ1) is 9.04. The van der Waals surface area contributed by atoms with Gasteiger partial charge in [0, 0.05) is 39.1 Å². The van der Waals surface area contributed by atoms with Crippen molar-refractivity contribution in [2.75, 3.05) is 18.5 Å². The monoisotopic (exact) mass is 262 g/mol. The van der Waals surface area contributed by atoms with Crippen molar-refractivity contribution in [2.24, 2.45) is 19.8 Å². The summed E-state index contributed by atoms with van der Waals surface area (Å²) in [7, 11) is 6.04. The average molecular weight is 262 g/mol. The summed E-state index contributed by atoms with van der Waals surface area (Å²) < 4.78 is 3.95. The number of nitrogens with zero attached hydrogens (tertiary/aromatic N) is 5. The molecule has 2 heterocycles. The van der Waals surface area contributed by atoms with Crippen LogP contribution in [0.2, 0.25) is 0 Å². The van der Waals surface area contributed by atoms with Crippen molar-refractivity contribution in [3.8, 4) is 0 Å². The molecule has 0 aliphatic rings. The van der Waals surface area contributed by atoms with Gasteiger partial charge in [-0.3, -0.25) is 4.68 Å². The Morgan fingerprint density at radius 2 is 2.11 bits per heavy atom. The summed E-state index contributed by atoms with van der Waals surface area (Å²) >= 11 is 0. The Bertz CT molecular complexity index is 553. The Morgan fingerprint density at radius 1 is 1.37 bits per heavy atom. The summed E-state index contributed by atoms with van der Waals surface area (Å²) in [5, 5.41) is 4.49. The molecule has 2 aromatic heterocycles. The highest BCUT2D eigenvalue weighted by Gasteiger charge is 2.17. The van der Waals surface area contributed by atoms with Crippen molar-refractivity contribution in [2.45, 2.75) is 19.9 Å². The minimum atomic E-state index is 0.635. The molecule has 0 aliphatic carbocycles. The molecule has 19 heavy (non-hydrogen) atoms. The van der Waals surface area contributed by atoms with Crippen LogP contribution in [0, 0.1) is 6.92 Å². The van der Waals surface area contributed by atoms with Crippen LogP contribution in [-0.4, -0.2) is 32.9 Å². The molecular weight excluding hydrogens is 240 g/mol. The topological polar surface area (TPSA) is 64.9 Å². The van der Waals surface area contributed by atoms with Gasteiger partial charge in [0.25, 0.3) is 0 Å². The van der Waals surface area contributed by atoms with Gasteiger partial charge < -0.3 is 15.2 Å². The first kappa shape index (κ1) is 13.6. The minimum Gasteiger partial charge on any atom is -0.352 e. The molecule has 2 rings (SSSR count). The number of nitrogens with two attached hydrogens (primary N) is 1. The second kappa shape index (κ2) is 5.44. The maximum Gasteiger partial charge on any atom is 0.130 e. The van der Waals surface area contributed by atoms with Gasteiger partial charge in [0.1, 0.15) is 11.6 Å². The lowest BCUT2D eigenvalue weighted by atomic mass is 10.1. The van der Waals surface area contributed by atoms with Crippen molar-refractivity contribution < 1.29 is 0 Å². The Balaban J connectivity index is 2.28. The summed E-state index contributed by atoms with van der Waals surface area (Å²) in [5.41, 5.74) is 7.97. The Labute approximate surface area is 113 Å². The predicted octanol–water partition coefficient (Wildman–Crippen LogP) is 0.600. The second-order valence-electron chi connectivity index (χ2n) is 4.86. The molecule has 6 heteroatoms. The minimum absolute atomic E-state index is 0.635. The molecule has 104 valence electrons. The van der Waals surface area contributed by atoms with Crippen molar-refractivity contribution in [1.82, 2.24) is 19.3 Å². The molecule has 6 nitrogen and oxygen atoms in total. The normalized spacial score (nSPS) is 11.0. The summed E-state index contributed by atoms with van der Waals surface area (Å²) in [6, 6.07) is 0. The van der Waals surface area contributed by atoms with Gasteiger partial charge >= 0.3 is 0 Å². The molecule has 0 aliphatic heterocycles. The van der Waals surface area contributed by atoms with Crippen LogP contribution in [0.25, 0.3) is 0 Å². The number of rotatable bonds is 5. The number of imidazole rings is 1. The fraction of sp³-hybridized carbons (Fsp3) is 0.538. The molecule has 0 spiro atoms. The van der Waals surface area contributed by atoms with E-state index < -0.39 is 0 Å². The quantitative estimate of drug-likeness (QED) is 0.857. The lowest BCUT2D eigenvalue weighted by molar-refractivity contribution is 0.699. The van der Waals surface area contributed by atoms with Crippen LogP contribution in [-0.2, 0) is 27.1 Å². The molecule has 0 atom stereocenters. The lowest BCUT2D eigenvalue weighted by Gasteiger charge is -2.20. The van der Waals surface area contributed by atoms with E-state index >= 15 is 0 Å². The molecule has 0 unspecified atom stereocenters. The number of aromatic nitrogens is 4. The summed E-state index contributed by atoms with van der Waals surface area (Å²) in [4.78, 5) is 6.53. The molecule has 0 bridgehead atoms. The van der Waals surface area contributed by atoms with Crippen LogP contribution < -0.4 is 10.6 Å². The van der Waals surface area contributed by atoms with Crippen LogP contribution in [0.15, 0.2) is 12.4 Å². The maximum absolute atomic E-state index is 5.70. The van der Waals surface area contributed by atoms with Gasteiger partial charge in [0.05, 0.1) is 12.2 Å². The van der Waals surface area contributed by atoms with Crippen LogP contribution >= 0.6 is 0 Å². The van der Waals surface area contributed by atoms with E-state index in [9.17, 15) is 0 Å². The van der Waals surface area contributed by atoms with Crippen LogP contribution in [0.5, 0.6) is 0 Å². The van der Waals surface area contributed by atoms with Crippen molar-refractivity contribution in [1.29, 1.82) is 0 Å². The number of aryl methyl sites for hydroxylation is 3. The Kier molecular flexibility index (Phi) is 3.90. The van der Waals surface area contributed by atoms with Gasteiger partial charge in [-0.05, 0) is 19.9 Å². The molecule has 0 saturated carbocycles. The predicted molar refractivity (Wildman–Crippen MR) is 76.0 cm³/mol. The molecule has 0 fully saturated rings. The standard InChI is InChI=1S/C13H22N6/c1-10-11(5-6-14)13(19(4)16-10)18(3)9-12-15-7-8-17(12)2/h7-8H,5-6,9,14H2,1-4H3. The van der Waals surface area contributed by atoms with Gasteiger partial charge in [-0.25, -0.2) is 4.98 Å². The van der Waals surface area contributed by atoms with Crippen molar-refractivity contribution in [3.63, 3.8) is 0 Å². The van der Waals surface area contributed by atoms with E-state index in [4.69, 9.17) is 5.73 Å². The van der Waals surface area contributed by atoms with E-state index in [1.54, 1.807) is 0 Å². The largest absolute Gasteiger partial charge is 0.352 e. The first-order valence-corrected chi connectivity index (χ1v) is 6.44. The summed E-state index contributed by atoms with van der Waals surface area (Å²) in [6.07, 6.45) is 4.62. The highest BCUT2D eigenvalue weighted by atomic mass is 15.4. The maximum atomic E-state index is 5.70. The van der Waals surface area contributed by atoms with Crippen LogP contribution in [0.1, 0.15) is 17.1 Å². The molecule has 0 radical (unpaired) electrons.